The van der Waals surface area contributed by atoms with Crippen molar-refractivity contribution < 1.29 is 19.4 Å². The van der Waals surface area contributed by atoms with E-state index in [1.807, 2.05) is 18.3 Å². The van der Waals surface area contributed by atoms with Gasteiger partial charge in [-0.1, -0.05) is 18.2 Å². The first-order chi connectivity index (χ1) is 14.0. The second-order valence-corrected chi connectivity index (χ2v) is 7.97. The van der Waals surface area contributed by atoms with E-state index in [-0.39, 0.29) is 18.1 Å². The summed E-state index contributed by atoms with van der Waals surface area (Å²) in [6, 6.07) is 11.4. The van der Waals surface area contributed by atoms with Crippen molar-refractivity contribution in [1.29, 1.82) is 0 Å². The van der Waals surface area contributed by atoms with E-state index in [0.29, 0.717) is 5.56 Å². The molecule has 5 heteroatoms. The number of methoxy groups -OCH3 is 1. The van der Waals surface area contributed by atoms with Gasteiger partial charge in [-0.25, -0.2) is 4.79 Å². The van der Waals surface area contributed by atoms with Gasteiger partial charge in [0.05, 0.1) is 17.2 Å². The highest BCUT2D eigenvalue weighted by Gasteiger charge is 2.34. The van der Waals surface area contributed by atoms with E-state index in [1.165, 1.54) is 5.56 Å². The summed E-state index contributed by atoms with van der Waals surface area (Å²) in [5.41, 5.74) is 4.84. The summed E-state index contributed by atoms with van der Waals surface area (Å²) in [4.78, 5) is 14.5. The molecular formula is C24H27NO4. The molecule has 152 valence electrons. The van der Waals surface area contributed by atoms with Gasteiger partial charge in [0.25, 0.3) is 0 Å². The van der Waals surface area contributed by atoms with E-state index in [2.05, 4.69) is 31.0 Å². The summed E-state index contributed by atoms with van der Waals surface area (Å²) in [7, 11) is 1.75. The normalized spacial score (nSPS) is 22.0. The number of aryl methyl sites for hydroxylation is 2. The molecule has 3 aromatic rings. The third-order valence-electron chi connectivity index (χ3n) is 6.10. The number of carboxylic acid groups (broad SMARTS) is 1. The number of nitrogens with one attached hydrogen (secondary N) is 1. The molecule has 1 aliphatic carbocycles. The molecule has 1 aliphatic rings. The smallest absolute Gasteiger partial charge is 0.335 e. The Balaban J connectivity index is 1.68. The molecule has 0 aliphatic heterocycles. The number of H-pyrrole nitrogens is 1. The summed E-state index contributed by atoms with van der Waals surface area (Å²) in [6.07, 6.45) is 4.85. The zero-order valence-electron chi connectivity index (χ0n) is 17.1. The van der Waals surface area contributed by atoms with Crippen LogP contribution in [0.5, 0.6) is 5.75 Å². The van der Waals surface area contributed by atoms with Crippen molar-refractivity contribution in [1.82, 2.24) is 4.98 Å². The van der Waals surface area contributed by atoms with Crippen LogP contribution in [-0.2, 0) is 4.74 Å². The maximum Gasteiger partial charge on any atom is 0.335 e. The maximum atomic E-state index is 11.2. The number of hydrogen-bond donors (Lipinski definition) is 2. The lowest BCUT2D eigenvalue weighted by Gasteiger charge is -2.36. The molecule has 29 heavy (non-hydrogen) atoms. The van der Waals surface area contributed by atoms with Crippen molar-refractivity contribution in [2.45, 2.75) is 51.2 Å². The number of rotatable bonds is 5. The van der Waals surface area contributed by atoms with Gasteiger partial charge in [-0.2, -0.15) is 0 Å². The molecule has 0 amide bonds. The Morgan fingerprint density at radius 1 is 1.10 bits per heavy atom. The molecule has 5 nitrogen and oxygen atoms in total. The standard InChI is InChI=1S/C24H27NO4/c1-14-12-15(2)23(19-10-11-25-22(14)19)29-21-9-8-18(28-3)13-20(21)16-4-6-17(7-5-16)24(26)27/h4-7,10-12,18,20-21,25H,8-9,13H2,1-3H3,(H,26,27)/t18-,20-,21-/m0/s1. The molecule has 3 atom stereocenters. The van der Waals surface area contributed by atoms with Crippen molar-refractivity contribution in [2.24, 2.45) is 0 Å². The van der Waals surface area contributed by atoms with Gasteiger partial charge in [-0.15, -0.1) is 0 Å². The predicted molar refractivity (Wildman–Crippen MR) is 113 cm³/mol. The van der Waals surface area contributed by atoms with Crippen LogP contribution in [0.1, 0.15) is 52.2 Å². The fourth-order valence-corrected chi connectivity index (χ4v) is 4.55. The van der Waals surface area contributed by atoms with E-state index in [4.69, 9.17) is 9.47 Å². The molecule has 0 radical (unpaired) electrons. The minimum atomic E-state index is -0.909. The Hall–Kier alpha value is -2.79. The highest BCUT2D eigenvalue weighted by atomic mass is 16.5. The van der Waals surface area contributed by atoms with Crippen LogP contribution in [0.25, 0.3) is 10.9 Å². The van der Waals surface area contributed by atoms with E-state index < -0.39 is 5.97 Å². The van der Waals surface area contributed by atoms with Crippen molar-refractivity contribution in [3.8, 4) is 5.75 Å². The molecule has 1 aromatic heterocycles. The number of hydrogen-bond acceptors (Lipinski definition) is 3. The fraction of sp³-hybridized carbons (Fsp3) is 0.375. The second-order valence-electron chi connectivity index (χ2n) is 7.97. The van der Waals surface area contributed by atoms with Gasteiger partial charge in [0.1, 0.15) is 11.9 Å². The summed E-state index contributed by atoms with van der Waals surface area (Å²) in [5, 5.41) is 10.3. The van der Waals surface area contributed by atoms with Crippen LogP contribution in [0, 0.1) is 13.8 Å². The Labute approximate surface area is 170 Å². The zero-order valence-corrected chi connectivity index (χ0v) is 17.1. The monoisotopic (exact) mass is 393 g/mol. The van der Waals surface area contributed by atoms with E-state index in [1.54, 1.807) is 19.2 Å². The number of aromatic nitrogens is 1. The number of carbonyl (C=O) groups is 1. The van der Waals surface area contributed by atoms with Gasteiger partial charge in [0.15, 0.2) is 0 Å². The van der Waals surface area contributed by atoms with Gasteiger partial charge in [0.2, 0.25) is 0 Å². The van der Waals surface area contributed by atoms with Crippen molar-refractivity contribution in [2.75, 3.05) is 7.11 Å². The van der Waals surface area contributed by atoms with Gasteiger partial charge in [0, 0.05) is 24.6 Å². The predicted octanol–water partition coefficient (Wildman–Crippen LogP) is 5.21. The van der Waals surface area contributed by atoms with Gasteiger partial charge >= 0.3 is 5.97 Å². The summed E-state index contributed by atoms with van der Waals surface area (Å²) >= 11 is 0. The molecule has 1 fully saturated rings. The average Bonchev–Trinajstić information content (AvgIpc) is 3.21. The van der Waals surface area contributed by atoms with Crippen LogP contribution >= 0.6 is 0 Å². The molecule has 4 rings (SSSR count). The lowest BCUT2D eigenvalue weighted by Crippen LogP contribution is -2.35. The average molecular weight is 393 g/mol. The van der Waals surface area contributed by atoms with Gasteiger partial charge in [-0.3, -0.25) is 0 Å². The molecule has 0 saturated heterocycles. The first kappa shape index (κ1) is 19.5. The van der Waals surface area contributed by atoms with Gasteiger partial charge < -0.3 is 19.6 Å². The molecule has 0 spiro atoms. The molecule has 0 bridgehead atoms. The van der Waals surface area contributed by atoms with Crippen LogP contribution in [0.3, 0.4) is 0 Å². The number of aromatic amines is 1. The SMILES string of the molecule is CO[C@H]1CC[C@H](Oc2c(C)cc(C)c3[nH]ccc23)[C@H](c2ccc(C(=O)O)cc2)C1. The quantitative estimate of drug-likeness (QED) is 0.624. The molecule has 2 N–H and O–H groups in total. The largest absolute Gasteiger partial charge is 0.489 e. The number of fused-ring (bicyclic) bond motifs is 1. The highest BCUT2D eigenvalue weighted by molar-refractivity contribution is 5.90. The number of carboxylic acids is 1. The lowest BCUT2D eigenvalue weighted by molar-refractivity contribution is 0.0193. The first-order valence-electron chi connectivity index (χ1n) is 10.1. The molecular weight excluding hydrogens is 366 g/mol. The molecule has 1 heterocycles. The molecule has 2 aromatic carbocycles. The molecule has 0 unspecified atom stereocenters. The fourth-order valence-electron chi connectivity index (χ4n) is 4.55. The number of benzene rings is 2. The van der Waals surface area contributed by atoms with Crippen LogP contribution in [-0.4, -0.2) is 35.4 Å². The van der Waals surface area contributed by atoms with Crippen molar-refractivity contribution in [3.63, 3.8) is 0 Å². The number of aromatic carboxylic acids is 1. The highest BCUT2D eigenvalue weighted by Crippen LogP contribution is 2.40. The maximum absolute atomic E-state index is 11.2. The van der Waals surface area contributed by atoms with Crippen LogP contribution < -0.4 is 4.74 Å². The Kier molecular flexibility index (Phi) is 5.33. The summed E-state index contributed by atoms with van der Waals surface area (Å²) < 4.78 is 12.3. The Morgan fingerprint density at radius 3 is 2.55 bits per heavy atom. The van der Waals surface area contributed by atoms with Crippen molar-refractivity contribution >= 4 is 16.9 Å². The minimum Gasteiger partial charge on any atom is -0.489 e. The topological polar surface area (TPSA) is 71.5 Å². The third kappa shape index (κ3) is 3.75. The summed E-state index contributed by atoms with van der Waals surface area (Å²) in [5.74, 6) is 0.166. The minimum absolute atomic E-state index is 0.0107. The van der Waals surface area contributed by atoms with Crippen LogP contribution in [0.2, 0.25) is 0 Å². The van der Waals surface area contributed by atoms with E-state index in [9.17, 15) is 9.90 Å². The summed E-state index contributed by atoms with van der Waals surface area (Å²) in [6.45, 7) is 4.19. The Morgan fingerprint density at radius 2 is 1.86 bits per heavy atom. The first-order valence-corrected chi connectivity index (χ1v) is 10.1. The number of ether oxygens (including phenoxy) is 2. The van der Waals surface area contributed by atoms with Crippen LogP contribution in [0.15, 0.2) is 42.6 Å². The Bertz CT molecular complexity index is 1020. The van der Waals surface area contributed by atoms with E-state index in [0.717, 1.165) is 47.0 Å². The lowest BCUT2D eigenvalue weighted by atomic mass is 9.79. The second kappa shape index (κ2) is 7.91. The zero-order chi connectivity index (χ0) is 20.5. The molecule has 1 saturated carbocycles. The van der Waals surface area contributed by atoms with Crippen LogP contribution in [0.4, 0.5) is 0 Å². The van der Waals surface area contributed by atoms with Crippen molar-refractivity contribution in [3.05, 3.63) is 64.8 Å². The third-order valence-corrected chi connectivity index (χ3v) is 6.10. The van der Waals surface area contributed by atoms with E-state index >= 15 is 0 Å². The van der Waals surface area contributed by atoms with Gasteiger partial charge in [-0.05, 0) is 68.0 Å².